The molecule has 0 spiro atoms. The summed E-state index contributed by atoms with van der Waals surface area (Å²) in [5.41, 5.74) is -1.50. The topological polar surface area (TPSA) is 23.5 Å². The van der Waals surface area contributed by atoms with Crippen molar-refractivity contribution in [2.24, 2.45) is 0 Å². The molecule has 1 aromatic rings. The van der Waals surface area contributed by atoms with Gasteiger partial charge in [-0.15, -0.1) is 0 Å². The van der Waals surface area contributed by atoms with Crippen LogP contribution in [0.1, 0.15) is 24.8 Å². The molecule has 2 aliphatic heterocycles. The molecule has 1 aromatic carbocycles. The van der Waals surface area contributed by atoms with Crippen LogP contribution < -0.4 is 0 Å². The van der Waals surface area contributed by atoms with Crippen molar-refractivity contribution in [1.82, 2.24) is 4.90 Å². The smallest absolute Gasteiger partial charge is 0.132 e. The van der Waals surface area contributed by atoms with Crippen molar-refractivity contribution in [2.45, 2.75) is 30.9 Å². The standard InChI is InChI=1S/C13H15F2NO/c14-9-3-1-4-10(15)12(9)13(17)6-8-16-7-2-5-11(13)16/h1,3-4,11,17H,2,5-8H2. The second-order valence-corrected chi connectivity index (χ2v) is 4.96. The number of fused-ring (bicyclic) bond motifs is 1. The molecule has 0 radical (unpaired) electrons. The summed E-state index contributed by atoms with van der Waals surface area (Å²) in [5.74, 6) is -1.28. The van der Waals surface area contributed by atoms with Gasteiger partial charge in [-0.25, -0.2) is 8.78 Å². The molecule has 0 bridgehead atoms. The molecule has 92 valence electrons. The number of aliphatic hydroxyl groups is 1. The fourth-order valence-corrected chi connectivity index (χ4v) is 3.32. The van der Waals surface area contributed by atoms with Crippen LogP contribution in [0.2, 0.25) is 0 Å². The van der Waals surface area contributed by atoms with E-state index >= 15 is 0 Å². The molecule has 2 heterocycles. The van der Waals surface area contributed by atoms with E-state index in [0.29, 0.717) is 6.42 Å². The number of benzene rings is 1. The molecule has 0 amide bonds. The second kappa shape index (κ2) is 3.75. The van der Waals surface area contributed by atoms with Crippen LogP contribution >= 0.6 is 0 Å². The molecule has 2 saturated heterocycles. The van der Waals surface area contributed by atoms with E-state index in [1.54, 1.807) is 0 Å². The van der Waals surface area contributed by atoms with E-state index in [1.165, 1.54) is 18.2 Å². The van der Waals surface area contributed by atoms with Crippen molar-refractivity contribution >= 4 is 0 Å². The summed E-state index contributed by atoms with van der Waals surface area (Å²) in [5, 5.41) is 10.7. The molecular formula is C13H15F2NO. The third kappa shape index (κ3) is 1.51. The summed E-state index contributed by atoms with van der Waals surface area (Å²) < 4.78 is 27.6. The molecule has 4 heteroatoms. The van der Waals surface area contributed by atoms with Gasteiger partial charge in [0.25, 0.3) is 0 Å². The Balaban J connectivity index is 2.08. The quantitative estimate of drug-likeness (QED) is 0.810. The minimum atomic E-state index is -1.36. The van der Waals surface area contributed by atoms with Crippen LogP contribution in [0.5, 0.6) is 0 Å². The van der Waals surface area contributed by atoms with Gasteiger partial charge in [-0.2, -0.15) is 0 Å². The van der Waals surface area contributed by atoms with Crippen molar-refractivity contribution < 1.29 is 13.9 Å². The zero-order valence-electron chi connectivity index (χ0n) is 9.50. The Morgan fingerprint density at radius 3 is 2.65 bits per heavy atom. The first-order valence-electron chi connectivity index (χ1n) is 6.04. The average molecular weight is 239 g/mol. The second-order valence-electron chi connectivity index (χ2n) is 4.96. The lowest BCUT2D eigenvalue weighted by atomic mass is 9.84. The van der Waals surface area contributed by atoms with Crippen LogP contribution in [0.15, 0.2) is 18.2 Å². The van der Waals surface area contributed by atoms with Crippen molar-refractivity contribution in [2.75, 3.05) is 13.1 Å². The van der Waals surface area contributed by atoms with E-state index in [2.05, 4.69) is 4.90 Å². The summed E-state index contributed by atoms with van der Waals surface area (Å²) in [6.45, 7) is 1.64. The van der Waals surface area contributed by atoms with Crippen LogP contribution in [-0.2, 0) is 5.60 Å². The van der Waals surface area contributed by atoms with Gasteiger partial charge in [0.2, 0.25) is 0 Å². The van der Waals surface area contributed by atoms with Crippen molar-refractivity contribution in [3.63, 3.8) is 0 Å². The molecule has 2 fully saturated rings. The van der Waals surface area contributed by atoms with Crippen LogP contribution in [0, 0.1) is 11.6 Å². The fraction of sp³-hybridized carbons (Fsp3) is 0.538. The molecule has 17 heavy (non-hydrogen) atoms. The average Bonchev–Trinajstić information content (AvgIpc) is 2.84. The Bertz CT molecular complexity index is 431. The highest BCUT2D eigenvalue weighted by molar-refractivity contribution is 5.30. The predicted molar refractivity (Wildman–Crippen MR) is 59.5 cm³/mol. The number of rotatable bonds is 1. The molecule has 2 aliphatic rings. The van der Waals surface area contributed by atoms with Crippen molar-refractivity contribution in [3.05, 3.63) is 35.4 Å². The summed E-state index contributed by atoms with van der Waals surface area (Å²) in [7, 11) is 0. The number of hydrogen-bond donors (Lipinski definition) is 1. The summed E-state index contributed by atoms with van der Waals surface area (Å²) in [6.07, 6.45) is 2.21. The maximum Gasteiger partial charge on any atom is 0.132 e. The van der Waals surface area contributed by atoms with Gasteiger partial charge in [-0.05, 0) is 37.9 Å². The maximum absolute atomic E-state index is 13.8. The van der Waals surface area contributed by atoms with Gasteiger partial charge in [0.05, 0.1) is 5.56 Å². The normalized spacial score (nSPS) is 33.0. The number of halogens is 2. The molecule has 1 N–H and O–H groups in total. The Morgan fingerprint density at radius 2 is 1.94 bits per heavy atom. The van der Waals surface area contributed by atoms with E-state index < -0.39 is 17.2 Å². The van der Waals surface area contributed by atoms with Gasteiger partial charge in [-0.1, -0.05) is 6.07 Å². The lowest BCUT2D eigenvalue weighted by molar-refractivity contribution is 0.00288. The van der Waals surface area contributed by atoms with Crippen LogP contribution in [0.25, 0.3) is 0 Å². The highest BCUT2D eigenvalue weighted by Crippen LogP contribution is 2.44. The largest absolute Gasteiger partial charge is 0.383 e. The van der Waals surface area contributed by atoms with Crippen molar-refractivity contribution in [1.29, 1.82) is 0 Å². The van der Waals surface area contributed by atoms with Crippen LogP contribution in [0.3, 0.4) is 0 Å². The van der Waals surface area contributed by atoms with E-state index in [1.807, 2.05) is 0 Å². The van der Waals surface area contributed by atoms with Gasteiger partial charge in [0.15, 0.2) is 0 Å². The van der Waals surface area contributed by atoms with E-state index in [-0.39, 0.29) is 11.6 Å². The monoisotopic (exact) mass is 239 g/mol. The summed E-state index contributed by atoms with van der Waals surface area (Å²) in [6, 6.07) is 3.63. The summed E-state index contributed by atoms with van der Waals surface area (Å²) >= 11 is 0. The van der Waals surface area contributed by atoms with Crippen molar-refractivity contribution in [3.8, 4) is 0 Å². The Kier molecular flexibility index (Phi) is 2.45. The minimum Gasteiger partial charge on any atom is -0.383 e. The lowest BCUT2D eigenvalue weighted by Crippen LogP contribution is -2.40. The lowest BCUT2D eigenvalue weighted by Gasteiger charge is -2.30. The first-order chi connectivity index (χ1) is 8.13. The van der Waals surface area contributed by atoms with Gasteiger partial charge in [0, 0.05) is 12.6 Å². The van der Waals surface area contributed by atoms with Crippen LogP contribution in [-0.4, -0.2) is 29.1 Å². The number of nitrogens with zero attached hydrogens (tertiary/aromatic N) is 1. The molecular weight excluding hydrogens is 224 g/mol. The molecule has 2 atom stereocenters. The van der Waals surface area contributed by atoms with E-state index in [4.69, 9.17) is 0 Å². The van der Waals surface area contributed by atoms with Gasteiger partial charge in [-0.3, -0.25) is 4.90 Å². The fourth-order valence-electron chi connectivity index (χ4n) is 3.32. The van der Waals surface area contributed by atoms with E-state index in [0.717, 1.165) is 25.9 Å². The zero-order chi connectivity index (χ0) is 12.0. The number of hydrogen-bond acceptors (Lipinski definition) is 2. The van der Waals surface area contributed by atoms with Gasteiger partial charge < -0.3 is 5.11 Å². The summed E-state index contributed by atoms with van der Waals surface area (Å²) in [4.78, 5) is 2.13. The highest BCUT2D eigenvalue weighted by atomic mass is 19.1. The first-order valence-corrected chi connectivity index (χ1v) is 6.04. The Labute approximate surface area is 98.9 Å². The molecule has 2 nitrogen and oxygen atoms in total. The molecule has 3 rings (SSSR count). The van der Waals surface area contributed by atoms with Gasteiger partial charge in [0.1, 0.15) is 17.2 Å². The van der Waals surface area contributed by atoms with Crippen LogP contribution in [0.4, 0.5) is 8.78 Å². The first kappa shape index (κ1) is 11.1. The van der Waals surface area contributed by atoms with Gasteiger partial charge >= 0.3 is 0 Å². The predicted octanol–water partition coefficient (Wildman–Crippen LogP) is 2.02. The Hall–Kier alpha value is -1.00. The molecule has 0 aliphatic carbocycles. The third-order valence-electron chi connectivity index (χ3n) is 4.09. The maximum atomic E-state index is 13.8. The molecule has 0 saturated carbocycles. The molecule has 0 aromatic heterocycles. The highest BCUT2D eigenvalue weighted by Gasteiger charge is 2.51. The third-order valence-corrected chi connectivity index (χ3v) is 4.09. The molecule has 2 unspecified atom stereocenters. The zero-order valence-corrected chi connectivity index (χ0v) is 9.50. The Morgan fingerprint density at radius 1 is 1.24 bits per heavy atom. The SMILES string of the molecule is OC1(c2c(F)cccc2F)CCN2CCCC21. The minimum absolute atomic E-state index is 0.131. The van der Waals surface area contributed by atoms with E-state index in [9.17, 15) is 13.9 Å².